The average molecular weight is 313 g/mol. The zero-order valence-electron chi connectivity index (χ0n) is 11.3. The molecular formula is C12H15N3O5S. The first kappa shape index (κ1) is 15.4. The van der Waals surface area contributed by atoms with E-state index in [0.717, 1.165) is 6.39 Å². The third-order valence-corrected chi connectivity index (χ3v) is 4.27. The van der Waals surface area contributed by atoms with Gasteiger partial charge in [0.1, 0.15) is 5.75 Å². The SMILES string of the molecule is COc1ccc(S(=O)(=O)NCc2ncon2)c(CCO)c1. The summed E-state index contributed by atoms with van der Waals surface area (Å²) in [5.41, 5.74) is 0.470. The first-order valence-electron chi connectivity index (χ1n) is 6.09. The molecule has 1 aromatic heterocycles. The summed E-state index contributed by atoms with van der Waals surface area (Å²) in [6.07, 6.45) is 1.32. The van der Waals surface area contributed by atoms with Gasteiger partial charge in [0.2, 0.25) is 16.4 Å². The number of rotatable bonds is 7. The van der Waals surface area contributed by atoms with Crippen LogP contribution in [0.3, 0.4) is 0 Å². The molecule has 0 aliphatic heterocycles. The van der Waals surface area contributed by atoms with Crippen molar-refractivity contribution < 1.29 is 22.8 Å². The van der Waals surface area contributed by atoms with Crippen LogP contribution in [0.1, 0.15) is 11.4 Å². The van der Waals surface area contributed by atoms with Crippen molar-refractivity contribution in [3.05, 3.63) is 36.0 Å². The minimum absolute atomic E-state index is 0.0799. The number of nitrogens with zero attached hydrogens (tertiary/aromatic N) is 2. The van der Waals surface area contributed by atoms with Crippen LogP contribution in [0.5, 0.6) is 5.75 Å². The quantitative estimate of drug-likeness (QED) is 0.744. The van der Waals surface area contributed by atoms with Crippen LogP contribution < -0.4 is 9.46 Å². The van der Waals surface area contributed by atoms with E-state index in [2.05, 4.69) is 19.4 Å². The number of aliphatic hydroxyl groups excluding tert-OH is 1. The van der Waals surface area contributed by atoms with Gasteiger partial charge in [-0.2, -0.15) is 4.98 Å². The first-order valence-corrected chi connectivity index (χ1v) is 7.58. The van der Waals surface area contributed by atoms with Crippen molar-refractivity contribution in [2.45, 2.75) is 17.9 Å². The van der Waals surface area contributed by atoms with Gasteiger partial charge in [-0.25, -0.2) is 13.1 Å². The van der Waals surface area contributed by atoms with Crippen LogP contribution in [0, 0.1) is 0 Å². The topological polar surface area (TPSA) is 115 Å². The summed E-state index contributed by atoms with van der Waals surface area (Å²) in [4.78, 5) is 3.82. The summed E-state index contributed by atoms with van der Waals surface area (Å²) in [7, 11) is -2.27. The van der Waals surface area contributed by atoms with Crippen LogP contribution in [0.2, 0.25) is 0 Å². The van der Waals surface area contributed by atoms with Gasteiger partial charge < -0.3 is 14.4 Å². The highest BCUT2D eigenvalue weighted by Gasteiger charge is 2.19. The van der Waals surface area contributed by atoms with E-state index in [0.29, 0.717) is 11.3 Å². The Balaban J connectivity index is 2.25. The predicted octanol–water partition coefficient (Wildman–Crippen LogP) is 0.0915. The second-order valence-electron chi connectivity index (χ2n) is 4.12. The molecule has 114 valence electrons. The van der Waals surface area contributed by atoms with E-state index < -0.39 is 10.0 Å². The molecule has 0 unspecified atom stereocenters. The highest BCUT2D eigenvalue weighted by atomic mass is 32.2. The van der Waals surface area contributed by atoms with Gasteiger partial charge in [-0.05, 0) is 30.2 Å². The number of aromatic nitrogens is 2. The van der Waals surface area contributed by atoms with E-state index in [4.69, 9.17) is 9.84 Å². The number of sulfonamides is 1. The number of nitrogens with one attached hydrogen (secondary N) is 1. The third-order valence-electron chi connectivity index (χ3n) is 2.77. The molecule has 0 atom stereocenters. The van der Waals surface area contributed by atoms with Crippen molar-refractivity contribution in [3.8, 4) is 5.75 Å². The highest BCUT2D eigenvalue weighted by molar-refractivity contribution is 7.89. The molecule has 2 rings (SSSR count). The highest BCUT2D eigenvalue weighted by Crippen LogP contribution is 2.22. The van der Waals surface area contributed by atoms with Crippen LogP contribution in [0.15, 0.2) is 34.0 Å². The van der Waals surface area contributed by atoms with E-state index in [9.17, 15) is 8.42 Å². The van der Waals surface area contributed by atoms with Crippen LogP contribution in [-0.2, 0) is 23.0 Å². The van der Waals surface area contributed by atoms with Gasteiger partial charge >= 0.3 is 0 Å². The maximum absolute atomic E-state index is 12.3. The second-order valence-corrected chi connectivity index (χ2v) is 5.85. The molecule has 0 saturated carbocycles. The Hall–Kier alpha value is -1.97. The Morgan fingerprint density at radius 3 is 2.86 bits per heavy atom. The lowest BCUT2D eigenvalue weighted by Crippen LogP contribution is -2.25. The minimum atomic E-state index is -3.75. The average Bonchev–Trinajstić information content (AvgIpc) is 2.99. The molecule has 9 heteroatoms. The maximum atomic E-state index is 12.3. The number of benzene rings is 1. The van der Waals surface area contributed by atoms with Gasteiger partial charge in [0.25, 0.3) is 0 Å². The molecule has 2 aromatic rings. The van der Waals surface area contributed by atoms with E-state index >= 15 is 0 Å². The van der Waals surface area contributed by atoms with E-state index in [1.54, 1.807) is 12.1 Å². The first-order chi connectivity index (χ1) is 10.1. The molecule has 21 heavy (non-hydrogen) atoms. The van der Waals surface area contributed by atoms with Crippen LogP contribution in [-0.4, -0.2) is 37.4 Å². The van der Waals surface area contributed by atoms with Crippen molar-refractivity contribution in [1.82, 2.24) is 14.9 Å². The molecule has 1 heterocycles. The fourth-order valence-electron chi connectivity index (χ4n) is 1.77. The number of hydrogen-bond acceptors (Lipinski definition) is 7. The molecule has 2 N–H and O–H groups in total. The standard InChI is InChI=1S/C12H15N3O5S/c1-19-10-2-3-11(9(6-10)4-5-16)21(17,18)14-7-12-13-8-20-15-12/h2-3,6,8,14,16H,4-5,7H2,1H3. The molecule has 0 amide bonds. The molecule has 0 aliphatic carbocycles. The molecule has 0 spiro atoms. The molecule has 1 aromatic carbocycles. The Morgan fingerprint density at radius 1 is 1.43 bits per heavy atom. The van der Waals surface area contributed by atoms with Gasteiger partial charge in [0.05, 0.1) is 18.6 Å². The lowest BCUT2D eigenvalue weighted by atomic mass is 10.1. The van der Waals surface area contributed by atoms with Gasteiger partial charge in [0, 0.05) is 6.61 Å². The van der Waals surface area contributed by atoms with Crippen molar-refractivity contribution in [3.63, 3.8) is 0 Å². The predicted molar refractivity (Wildman–Crippen MR) is 72.1 cm³/mol. The summed E-state index contributed by atoms with van der Waals surface area (Å²) in [6, 6.07) is 4.56. The second kappa shape index (κ2) is 6.66. The van der Waals surface area contributed by atoms with Crippen LogP contribution >= 0.6 is 0 Å². The van der Waals surface area contributed by atoms with Gasteiger partial charge in [-0.3, -0.25) is 0 Å². The molecule has 0 fully saturated rings. The number of ether oxygens (including phenoxy) is 1. The number of aliphatic hydroxyl groups is 1. The summed E-state index contributed by atoms with van der Waals surface area (Å²) >= 11 is 0. The van der Waals surface area contributed by atoms with E-state index in [1.807, 2.05) is 0 Å². The molecule has 8 nitrogen and oxygen atoms in total. The molecule has 0 radical (unpaired) electrons. The van der Waals surface area contributed by atoms with E-state index in [1.165, 1.54) is 13.2 Å². The van der Waals surface area contributed by atoms with Gasteiger partial charge in [0.15, 0.2) is 5.82 Å². The van der Waals surface area contributed by atoms with Crippen molar-refractivity contribution in [1.29, 1.82) is 0 Å². The van der Waals surface area contributed by atoms with Gasteiger partial charge in [-0.1, -0.05) is 5.16 Å². The monoisotopic (exact) mass is 313 g/mol. The summed E-state index contributed by atoms with van der Waals surface area (Å²) in [5.74, 6) is 0.756. The fourth-order valence-corrected chi connectivity index (χ4v) is 3.00. The Morgan fingerprint density at radius 2 is 2.24 bits per heavy atom. The maximum Gasteiger partial charge on any atom is 0.241 e. The third kappa shape index (κ3) is 3.78. The van der Waals surface area contributed by atoms with Crippen LogP contribution in [0.4, 0.5) is 0 Å². The van der Waals surface area contributed by atoms with Crippen molar-refractivity contribution >= 4 is 10.0 Å². The zero-order valence-corrected chi connectivity index (χ0v) is 12.1. The number of hydrogen-bond donors (Lipinski definition) is 2. The zero-order chi connectivity index (χ0) is 15.3. The lowest BCUT2D eigenvalue weighted by Gasteiger charge is -2.11. The van der Waals surface area contributed by atoms with E-state index in [-0.39, 0.29) is 30.3 Å². The van der Waals surface area contributed by atoms with Crippen LogP contribution in [0.25, 0.3) is 0 Å². The largest absolute Gasteiger partial charge is 0.497 e. The van der Waals surface area contributed by atoms with Crippen molar-refractivity contribution in [2.24, 2.45) is 0 Å². The molecule has 0 bridgehead atoms. The number of methoxy groups -OCH3 is 1. The Labute approximate surface area is 121 Å². The summed E-state index contributed by atoms with van der Waals surface area (Å²) in [6.45, 7) is -0.246. The Bertz CT molecular complexity index is 685. The molecule has 0 saturated heterocycles. The van der Waals surface area contributed by atoms with Crippen molar-refractivity contribution in [2.75, 3.05) is 13.7 Å². The lowest BCUT2D eigenvalue weighted by molar-refractivity contribution is 0.298. The van der Waals surface area contributed by atoms with Gasteiger partial charge in [-0.15, -0.1) is 0 Å². The smallest absolute Gasteiger partial charge is 0.241 e. The summed E-state index contributed by atoms with van der Waals surface area (Å²) < 4.78 is 36.6. The molecular weight excluding hydrogens is 298 g/mol. The summed E-state index contributed by atoms with van der Waals surface area (Å²) in [5, 5.41) is 12.6. The minimum Gasteiger partial charge on any atom is -0.497 e. The Kier molecular flexibility index (Phi) is 4.89. The normalized spacial score (nSPS) is 11.5. The molecule has 0 aliphatic rings. The fraction of sp³-hybridized carbons (Fsp3) is 0.333.